The molecule has 2 aromatic heterocycles. The number of likely N-dealkylation sites (N-methyl/N-ethyl adjacent to an activating group) is 1. The van der Waals surface area contributed by atoms with Gasteiger partial charge in [-0.25, -0.2) is 0 Å². The highest BCUT2D eigenvalue weighted by atomic mass is 16.3. The Hall–Kier alpha value is -2.70. The van der Waals surface area contributed by atoms with Gasteiger partial charge in [-0.1, -0.05) is 12.1 Å². The number of carbonyl (C=O) groups is 1. The van der Waals surface area contributed by atoms with Crippen molar-refractivity contribution in [2.45, 2.75) is 44.8 Å². The van der Waals surface area contributed by atoms with Gasteiger partial charge in [0.25, 0.3) is 5.91 Å². The second kappa shape index (κ2) is 8.81. The molecule has 1 saturated heterocycles. The van der Waals surface area contributed by atoms with Gasteiger partial charge in [-0.3, -0.25) is 9.78 Å². The van der Waals surface area contributed by atoms with Gasteiger partial charge in [-0.05, 0) is 62.6 Å². The van der Waals surface area contributed by atoms with Crippen molar-refractivity contribution in [1.82, 2.24) is 14.8 Å². The fourth-order valence-electron chi connectivity index (χ4n) is 4.26. The summed E-state index contributed by atoms with van der Waals surface area (Å²) in [7, 11) is 1.77. The van der Waals surface area contributed by atoms with Crippen molar-refractivity contribution in [3.8, 4) is 0 Å². The topological polar surface area (TPSA) is 69.8 Å². The number of nitrogens with zero attached hydrogens (tertiary/aromatic N) is 3. The molecule has 1 amide bonds. The van der Waals surface area contributed by atoms with Crippen molar-refractivity contribution in [3.63, 3.8) is 0 Å². The maximum absolute atomic E-state index is 12.8. The number of benzene rings is 1. The highest BCUT2D eigenvalue weighted by molar-refractivity contribution is 5.96. The molecule has 6 heteroatoms. The van der Waals surface area contributed by atoms with Gasteiger partial charge in [0.2, 0.25) is 0 Å². The predicted octanol–water partition coefficient (Wildman–Crippen LogP) is 3.83. The number of fused-ring (bicyclic) bond motifs is 1. The van der Waals surface area contributed by atoms with Crippen LogP contribution in [0.2, 0.25) is 0 Å². The molecule has 1 fully saturated rings. The summed E-state index contributed by atoms with van der Waals surface area (Å²) in [5.41, 5.74) is 1.67. The molecule has 0 radical (unpaired) electrons. The van der Waals surface area contributed by atoms with E-state index in [-0.39, 0.29) is 5.91 Å². The molecule has 0 aliphatic carbocycles. The molecule has 1 N–H and O–H groups in total. The zero-order valence-corrected chi connectivity index (χ0v) is 18.5. The van der Waals surface area contributed by atoms with Crippen molar-refractivity contribution in [2.75, 3.05) is 26.7 Å². The van der Waals surface area contributed by atoms with E-state index >= 15 is 0 Å². The molecule has 0 saturated carbocycles. The summed E-state index contributed by atoms with van der Waals surface area (Å²) < 4.78 is 5.83. The molecule has 3 heterocycles. The highest BCUT2D eigenvalue weighted by Crippen LogP contribution is 2.35. The third-order valence-electron chi connectivity index (χ3n) is 6.40. The molecular formula is C25H31N3O3. The Morgan fingerprint density at radius 1 is 1.23 bits per heavy atom. The molecular weight excluding hydrogens is 390 g/mol. The lowest BCUT2D eigenvalue weighted by atomic mass is 9.83. The number of likely N-dealkylation sites (tertiary alicyclic amines) is 1. The first-order valence-corrected chi connectivity index (χ1v) is 11.0. The average molecular weight is 422 g/mol. The number of amides is 1. The van der Waals surface area contributed by atoms with Crippen LogP contribution in [0.5, 0.6) is 0 Å². The fourth-order valence-corrected chi connectivity index (χ4v) is 4.26. The van der Waals surface area contributed by atoms with Gasteiger partial charge in [0.05, 0.1) is 5.60 Å². The molecule has 31 heavy (non-hydrogen) atoms. The first-order chi connectivity index (χ1) is 14.9. The number of hydrogen-bond acceptors (Lipinski definition) is 5. The van der Waals surface area contributed by atoms with E-state index in [0.29, 0.717) is 43.2 Å². The first-order valence-electron chi connectivity index (χ1n) is 11.0. The van der Waals surface area contributed by atoms with E-state index in [9.17, 15) is 9.90 Å². The number of rotatable bonds is 6. The standard InChI is InChI=1S/C25H31N3O3/c1-18(2)28-14-10-25(30,11-15-28)20-7-8-22-19(16-20)17-23(31-22)24(29)27(3)13-9-21-6-4-5-12-26-21/h4-8,12,16-18,30H,9-11,13-15H2,1-3H3. The van der Waals surface area contributed by atoms with Gasteiger partial charge in [-0.15, -0.1) is 0 Å². The van der Waals surface area contributed by atoms with E-state index < -0.39 is 5.60 Å². The van der Waals surface area contributed by atoms with E-state index in [4.69, 9.17) is 4.42 Å². The van der Waals surface area contributed by atoms with E-state index in [1.165, 1.54) is 0 Å². The Balaban J connectivity index is 1.46. The van der Waals surface area contributed by atoms with Gasteiger partial charge in [0, 0.05) is 56.4 Å². The quantitative estimate of drug-likeness (QED) is 0.655. The molecule has 0 atom stereocenters. The maximum Gasteiger partial charge on any atom is 0.289 e. The summed E-state index contributed by atoms with van der Waals surface area (Å²) >= 11 is 0. The second-order valence-corrected chi connectivity index (χ2v) is 8.82. The van der Waals surface area contributed by atoms with Crippen LogP contribution < -0.4 is 0 Å². The number of hydrogen-bond donors (Lipinski definition) is 1. The van der Waals surface area contributed by atoms with Gasteiger partial charge in [-0.2, -0.15) is 0 Å². The molecule has 0 spiro atoms. The summed E-state index contributed by atoms with van der Waals surface area (Å²) in [6, 6.07) is 13.8. The van der Waals surface area contributed by atoms with E-state index in [0.717, 1.165) is 29.7 Å². The van der Waals surface area contributed by atoms with Gasteiger partial charge >= 0.3 is 0 Å². The number of piperidine rings is 1. The molecule has 0 unspecified atom stereocenters. The minimum absolute atomic E-state index is 0.155. The van der Waals surface area contributed by atoms with Crippen LogP contribution in [0.1, 0.15) is 48.5 Å². The van der Waals surface area contributed by atoms with Crippen molar-refractivity contribution in [3.05, 3.63) is 65.7 Å². The van der Waals surface area contributed by atoms with Crippen molar-refractivity contribution in [1.29, 1.82) is 0 Å². The minimum Gasteiger partial charge on any atom is -0.451 e. The van der Waals surface area contributed by atoms with Crippen molar-refractivity contribution in [2.24, 2.45) is 0 Å². The van der Waals surface area contributed by atoms with Crippen LogP contribution in [0, 0.1) is 0 Å². The number of aliphatic hydroxyl groups is 1. The van der Waals surface area contributed by atoms with Crippen LogP contribution in [-0.2, 0) is 12.0 Å². The van der Waals surface area contributed by atoms with Crippen LogP contribution in [0.25, 0.3) is 11.0 Å². The Bertz CT molecular complexity index is 1040. The fraction of sp³-hybridized carbons (Fsp3) is 0.440. The number of furan rings is 1. The molecule has 4 rings (SSSR count). The molecule has 1 aliphatic heterocycles. The number of aromatic nitrogens is 1. The third-order valence-corrected chi connectivity index (χ3v) is 6.40. The smallest absolute Gasteiger partial charge is 0.289 e. The lowest BCUT2D eigenvalue weighted by Gasteiger charge is -2.40. The molecule has 1 aliphatic rings. The largest absolute Gasteiger partial charge is 0.451 e. The highest BCUT2D eigenvalue weighted by Gasteiger charge is 2.35. The normalized spacial score (nSPS) is 16.7. The lowest BCUT2D eigenvalue weighted by molar-refractivity contribution is -0.0322. The molecule has 0 bridgehead atoms. The van der Waals surface area contributed by atoms with E-state index in [2.05, 4.69) is 23.7 Å². The zero-order chi connectivity index (χ0) is 22.0. The van der Waals surface area contributed by atoms with Gasteiger partial charge in [0.15, 0.2) is 5.76 Å². The van der Waals surface area contributed by atoms with E-state index in [1.54, 1.807) is 24.2 Å². The molecule has 1 aromatic carbocycles. The SMILES string of the molecule is CC(C)N1CCC(O)(c2ccc3oc(C(=O)N(C)CCc4ccccn4)cc3c2)CC1. The maximum atomic E-state index is 12.8. The number of carbonyl (C=O) groups excluding carboxylic acids is 1. The van der Waals surface area contributed by atoms with Crippen molar-refractivity contribution >= 4 is 16.9 Å². The summed E-state index contributed by atoms with van der Waals surface area (Å²) in [4.78, 5) is 21.2. The average Bonchev–Trinajstić information content (AvgIpc) is 3.21. The van der Waals surface area contributed by atoms with Crippen LogP contribution in [0.3, 0.4) is 0 Å². The Morgan fingerprint density at radius 2 is 2.00 bits per heavy atom. The Morgan fingerprint density at radius 3 is 2.68 bits per heavy atom. The third kappa shape index (κ3) is 4.65. The summed E-state index contributed by atoms with van der Waals surface area (Å²) in [5, 5.41) is 12.1. The van der Waals surface area contributed by atoms with Gasteiger partial charge < -0.3 is 19.3 Å². The molecule has 3 aromatic rings. The second-order valence-electron chi connectivity index (χ2n) is 8.82. The summed E-state index contributed by atoms with van der Waals surface area (Å²) in [6.07, 6.45) is 3.86. The first kappa shape index (κ1) is 21.5. The lowest BCUT2D eigenvalue weighted by Crippen LogP contribution is -2.45. The Labute approximate surface area is 183 Å². The zero-order valence-electron chi connectivity index (χ0n) is 18.5. The monoisotopic (exact) mass is 421 g/mol. The molecule has 6 nitrogen and oxygen atoms in total. The van der Waals surface area contributed by atoms with E-state index in [1.807, 2.05) is 36.4 Å². The Kier molecular flexibility index (Phi) is 6.12. The van der Waals surface area contributed by atoms with Crippen LogP contribution >= 0.6 is 0 Å². The minimum atomic E-state index is -0.833. The molecule has 164 valence electrons. The van der Waals surface area contributed by atoms with Crippen molar-refractivity contribution < 1.29 is 14.3 Å². The van der Waals surface area contributed by atoms with Crippen LogP contribution in [0.4, 0.5) is 0 Å². The summed E-state index contributed by atoms with van der Waals surface area (Å²) in [6.45, 7) is 6.69. The summed E-state index contributed by atoms with van der Waals surface area (Å²) in [5.74, 6) is 0.162. The van der Waals surface area contributed by atoms with Crippen LogP contribution in [-0.4, -0.2) is 58.5 Å². The van der Waals surface area contributed by atoms with Crippen LogP contribution in [0.15, 0.2) is 53.1 Å². The predicted molar refractivity (Wildman–Crippen MR) is 121 cm³/mol. The van der Waals surface area contributed by atoms with Gasteiger partial charge in [0.1, 0.15) is 5.58 Å². The number of pyridine rings is 1.